The molecule has 20 heavy (non-hydrogen) atoms. The maximum atomic E-state index is 5.39. The number of nitrogens with zero attached hydrogens (tertiary/aromatic N) is 3. The third-order valence-corrected chi connectivity index (χ3v) is 4.81. The second kappa shape index (κ2) is 6.50. The van der Waals surface area contributed by atoms with E-state index in [-0.39, 0.29) is 0 Å². The number of hydrogen-bond donors (Lipinski definition) is 0. The lowest BCUT2D eigenvalue weighted by atomic mass is 10.2. The van der Waals surface area contributed by atoms with Crippen LogP contribution in [0.25, 0.3) is 0 Å². The van der Waals surface area contributed by atoms with Crippen LogP contribution in [0, 0.1) is 0 Å². The van der Waals surface area contributed by atoms with E-state index >= 15 is 0 Å². The van der Waals surface area contributed by atoms with Crippen LogP contribution in [0.3, 0.4) is 0 Å². The van der Waals surface area contributed by atoms with Crippen molar-refractivity contribution < 1.29 is 4.52 Å². The Labute approximate surface area is 123 Å². The first-order valence-corrected chi connectivity index (χ1v) is 8.33. The van der Waals surface area contributed by atoms with Gasteiger partial charge in [0, 0.05) is 17.3 Å². The second-order valence-corrected chi connectivity index (χ2v) is 6.33. The molecular formula is C15H21N3OS. The van der Waals surface area contributed by atoms with Gasteiger partial charge in [0.05, 0.1) is 6.54 Å². The SMILES string of the molecule is CCCCc1noc(CN2CCC[C@H]2c2cccs2)n1. The van der Waals surface area contributed by atoms with Crippen molar-refractivity contribution in [1.82, 2.24) is 15.0 Å². The van der Waals surface area contributed by atoms with Crippen LogP contribution >= 0.6 is 11.3 Å². The maximum Gasteiger partial charge on any atom is 0.240 e. The summed E-state index contributed by atoms with van der Waals surface area (Å²) in [6.07, 6.45) is 5.70. The van der Waals surface area contributed by atoms with E-state index in [0.29, 0.717) is 6.04 Å². The molecule has 1 saturated heterocycles. The Balaban J connectivity index is 1.63. The van der Waals surface area contributed by atoms with Crippen LogP contribution in [-0.2, 0) is 13.0 Å². The van der Waals surface area contributed by atoms with E-state index in [1.54, 1.807) is 0 Å². The summed E-state index contributed by atoms with van der Waals surface area (Å²) in [6.45, 7) is 4.08. The van der Waals surface area contributed by atoms with E-state index in [1.807, 2.05) is 11.3 Å². The van der Waals surface area contributed by atoms with Crippen molar-refractivity contribution in [3.63, 3.8) is 0 Å². The normalized spacial score (nSPS) is 19.8. The largest absolute Gasteiger partial charge is 0.338 e. The molecule has 0 spiro atoms. The van der Waals surface area contributed by atoms with Crippen LogP contribution in [0.1, 0.15) is 55.2 Å². The topological polar surface area (TPSA) is 42.2 Å². The van der Waals surface area contributed by atoms with Crippen molar-refractivity contribution in [1.29, 1.82) is 0 Å². The second-order valence-electron chi connectivity index (χ2n) is 5.35. The highest BCUT2D eigenvalue weighted by atomic mass is 32.1. The van der Waals surface area contributed by atoms with Gasteiger partial charge in [0.2, 0.25) is 5.89 Å². The Bertz CT molecular complexity index is 523. The standard InChI is InChI=1S/C15H21N3OS/c1-2-3-8-14-16-15(19-17-14)11-18-9-4-6-12(18)13-7-5-10-20-13/h5,7,10,12H,2-4,6,8-9,11H2,1H3/t12-/m0/s1. The Morgan fingerprint density at radius 2 is 2.45 bits per heavy atom. The molecular weight excluding hydrogens is 270 g/mol. The molecule has 0 radical (unpaired) electrons. The zero-order valence-electron chi connectivity index (χ0n) is 11.9. The lowest BCUT2D eigenvalue weighted by molar-refractivity contribution is 0.214. The van der Waals surface area contributed by atoms with Crippen molar-refractivity contribution in [2.45, 2.75) is 51.6 Å². The van der Waals surface area contributed by atoms with Gasteiger partial charge in [0.25, 0.3) is 0 Å². The van der Waals surface area contributed by atoms with Crippen LogP contribution in [0.15, 0.2) is 22.0 Å². The highest BCUT2D eigenvalue weighted by molar-refractivity contribution is 7.10. The van der Waals surface area contributed by atoms with Crippen molar-refractivity contribution in [3.8, 4) is 0 Å². The van der Waals surface area contributed by atoms with Crippen LogP contribution in [0.4, 0.5) is 0 Å². The summed E-state index contributed by atoms with van der Waals surface area (Å²) in [6, 6.07) is 4.89. The van der Waals surface area contributed by atoms with Gasteiger partial charge in [-0.15, -0.1) is 11.3 Å². The van der Waals surface area contributed by atoms with Crippen LogP contribution < -0.4 is 0 Å². The van der Waals surface area contributed by atoms with E-state index in [4.69, 9.17) is 4.52 Å². The molecule has 108 valence electrons. The monoisotopic (exact) mass is 291 g/mol. The molecule has 2 aromatic heterocycles. The van der Waals surface area contributed by atoms with E-state index in [9.17, 15) is 0 Å². The predicted molar refractivity (Wildman–Crippen MR) is 79.6 cm³/mol. The van der Waals surface area contributed by atoms with Gasteiger partial charge in [-0.1, -0.05) is 24.6 Å². The molecule has 0 amide bonds. The minimum Gasteiger partial charge on any atom is -0.338 e. The highest BCUT2D eigenvalue weighted by Crippen LogP contribution is 2.35. The third kappa shape index (κ3) is 3.10. The smallest absolute Gasteiger partial charge is 0.240 e. The number of likely N-dealkylation sites (tertiary alicyclic amines) is 1. The summed E-state index contributed by atoms with van der Waals surface area (Å²) in [5.74, 6) is 1.62. The summed E-state index contributed by atoms with van der Waals surface area (Å²) in [7, 11) is 0. The summed E-state index contributed by atoms with van der Waals surface area (Å²) >= 11 is 1.84. The molecule has 3 rings (SSSR count). The molecule has 1 aliphatic heterocycles. The Morgan fingerprint density at radius 3 is 3.25 bits per heavy atom. The van der Waals surface area contributed by atoms with Gasteiger partial charge in [-0.25, -0.2) is 0 Å². The molecule has 5 heteroatoms. The first-order chi connectivity index (χ1) is 9.86. The molecule has 1 fully saturated rings. The van der Waals surface area contributed by atoms with E-state index in [2.05, 4.69) is 39.5 Å². The number of thiophene rings is 1. The third-order valence-electron chi connectivity index (χ3n) is 3.84. The number of hydrogen-bond acceptors (Lipinski definition) is 5. The molecule has 0 aromatic carbocycles. The van der Waals surface area contributed by atoms with Crippen molar-refractivity contribution in [3.05, 3.63) is 34.1 Å². The molecule has 3 heterocycles. The zero-order chi connectivity index (χ0) is 13.8. The molecule has 1 aliphatic rings. The number of unbranched alkanes of at least 4 members (excludes halogenated alkanes) is 1. The molecule has 1 atom stereocenters. The average molecular weight is 291 g/mol. The predicted octanol–water partition coefficient (Wildman–Crippen LogP) is 3.81. The van der Waals surface area contributed by atoms with Crippen molar-refractivity contribution >= 4 is 11.3 Å². The Morgan fingerprint density at radius 1 is 1.50 bits per heavy atom. The fourth-order valence-corrected chi connectivity index (χ4v) is 3.68. The molecule has 0 saturated carbocycles. The van der Waals surface area contributed by atoms with Gasteiger partial charge in [0.1, 0.15) is 0 Å². The summed E-state index contributed by atoms with van der Waals surface area (Å²) in [5, 5.41) is 6.23. The molecule has 0 unspecified atom stereocenters. The minimum atomic E-state index is 0.529. The number of aromatic nitrogens is 2. The summed E-state index contributed by atoms with van der Waals surface area (Å²) in [4.78, 5) is 8.42. The van der Waals surface area contributed by atoms with E-state index in [1.165, 1.54) is 17.7 Å². The van der Waals surface area contributed by atoms with E-state index in [0.717, 1.165) is 44.1 Å². The van der Waals surface area contributed by atoms with Gasteiger partial charge < -0.3 is 4.52 Å². The summed E-state index contributed by atoms with van der Waals surface area (Å²) in [5.41, 5.74) is 0. The van der Waals surface area contributed by atoms with Crippen LogP contribution in [-0.4, -0.2) is 21.6 Å². The van der Waals surface area contributed by atoms with E-state index < -0.39 is 0 Å². The number of rotatable bonds is 6. The fourth-order valence-electron chi connectivity index (χ4n) is 2.78. The average Bonchev–Trinajstić information content (AvgIpc) is 3.18. The highest BCUT2D eigenvalue weighted by Gasteiger charge is 2.28. The summed E-state index contributed by atoms with van der Waals surface area (Å²) < 4.78 is 5.39. The molecule has 4 nitrogen and oxygen atoms in total. The van der Waals surface area contributed by atoms with Gasteiger partial charge in [-0.05, 0) is 37.3 Å². The minimum absolute atomic E-state index is 0.529. The Kier molecular flexibility index (Phi) is 4.47. The van der Waals surface area contributed by atoms with Gasteiger partial charge in [-0.2, -0.15) is 4.98 Å². The van der Waals surface area contributed by atoms with Gasteiger partial charge in [0.15, 0.2) is 5.82 Å². The molecule has 0 N–H and O–H groups in total. The molecule has 0 bridgehead atoms. The first kappa shape index (κ1) is 13.8. The van der Waals surface area contributed by atoms with Gasteiger partial charge >= 0.3 is 0 Å². The zero-order valence-corrected chi connectivity index (χ0v) is 12.7. The number of aryl methyl sites for hydroxylation is 1. The first-order valence-electron chi connectivity index (χ1n) is 7.45. The lowest BCUT2D eigenvalue weighted by Gasteiger charge is -2.21. The van der Waals surface area contributed by atoms with Gasteiger partial charge in [-0.3, -0.25) is 4.90 Å². The fraction of sp³-hybridized carbons (Fsp3) is 0.600. The molecule has 2 aromatic rings. The van der Waals surface area contributed by atoms with Crippen LogP contribution in [0.2, 0.25) is 0 Å². The lowest BCUT2D eigenvalue weighted by Crippen LogP contribution is -2.22. The van der Waals surface area contributed by atoms with Crippen molar-refractivity contribution in [2.24, 2.45) is 0 Å². The maximum absolute atomic E-state index is 5.39. The quantitative estimate of drug-likeness (QED) is 0.811. The molecule has 0 aliphatic carbocycles. The Hall–Kier alpha value is -1.20. The van der Waals surface area contributed by atoms with Crippen molar-refractivity contribution in [2.75, 3.05) is 6.54 Å². The van der Waals surface area contributed by atoms with Crippen LogP contribution in [0.5, 0.6) is 0 Å².